The van der Waals surface area contributed by atoms with Gasteiger partial charge in [-0.1, -0.05) is 0 Å². The Kier molecular flexibility index (Phi) is 2.21. The van der Waals surface area contributed by atoms with Gasteiger partial charge in [-0.2, -0.15) is 9.61 Å². The van der Waals surface area contributed by atoms with Crippen LogP contribution in [0.1, 0.15) is 5.69 Å². The van der Waals surface area contributed by atoms with Crippen LogP contribution in [-0.4, -0.2) is 45.8 Å². The third kappa shape index (κ3) is 1.51. The average Bonchev–Trinajstić information content (AvgIpc) is 2.77. The Labute approximate surface area is 93.3 Å². The van der Waals surface area contributed by atoms with E-state index < -0.39 is 0 Å². The fourth-order valence-corrected chi connectivity index (χ4v) is 2.00. The monoisotopic (exact) mass is 218 g/mol. The molecule has 3 heterocycles. The lowest BCUT2D eigenvalue weighted by atomic mass is 10.4. The van der Waals surface area contributed by atoms with E-state index in [9.17, 15) is 0 Å². The van der Waals surface area contributed by atoms with Crippen LogP contribution in [0.15, 0.2) is 12.4 Å². The minimum Gasteiger partial charge on any atom is -0.338 e. The van der Waals surface area contributed by atoms with E-state index in [-0.39, 0.29) is 0 Å². The van der Waals surface area contributed by atoms with Gasteiger partial charge in [0.1, 0.15) is 6.33 Å². The van der Waals surface area contributed by atoms with Crippen LogP contribution in [0.3, 0.4) is 0 Å². The van der Waals surface area contributed by atoms with Crippen molar-refractivity contribution in [3.63, 3.8) is 0 Å². The number of piperazine rings is 1. The molecule has 1 aliphatic rings. The molecule has 1 saturated heterocycles. The van der Waals surface area contributed by atoms with E-state index in [0.29, 0.717) is 0 Å². The first-order valence-electron chi connectivity index (χ1n) is 5.47. The number of aryl methyl sites for hydroxylation is 1. The summed E-state index contributed by atoms with van der Waals surface area (Å²) in [7, 11) is 0. The molecule has 1 aliphatic heterocycles. The van der Waals surface area contributed by atoms with Crippen LogP contribution in [0.5, 0.6) is 0 Å². The van der Waals surface area contributed by atoms with Crippen molar-refractivity contribution in [2.24, 2.45) is 0 Å². The van der Waals surface area contributed by atoms with Gasteiger partial charge in [0.15, 0.2) is 5.65 Å². The summed E-state index contributed by atoms with van der Waals surface area (Å²) in [5.74, 6) is 0.897. The quantitative estimate of drug-likeness (QED) is 0.721. The number of hydrogen-bond donors (Lipinski definition) is 1. The molecule has 2 aromatic heterocycles. The van der Waals surface area contributed by atoms with Crippen LogP contribution in [0.2, 0.25) is 0 Å². The molecule has 16 heavy (non-hydrogen) atoms. The zero-order chi connectivity index (χ0) is 11.0. The number of nitrogens with zero attached hydrogens (tertiary/aromatic N) is 5. The van der Waals surface area contributed by atoms with E-state index in [0.717, 1.165) is 43.5 Å². The van der Waals surface area contributed by atoms with E-state index in [1.54, 1.807) is 10.8 Å². The van der Waals surface area contributed by atoms with Crippen molar-refractivity contribution in [2.75, 3.05) is 31.1 Å². The Bertz CT molecular complexity index is 499. The molecule has 0 atom stereocenters. The van der Waals surface area contributed by atoms with Crippen LogP contribution < -0.4 is 10.2 Å². The first-order valence-corrected chi connectivity index (χ1v) is 5.47. The fourth-order valence-electron chi connectivity index (χ4n) is 2.00. The fraction of sp³-hybridized carbons (Fsp3) is 0.500. The molecule has 1 N–H and O–H groups in total. The lowest BCUT2D eigenvalue weighted by Crippen LogP contribution is -2.44. The maximum Gasteiger partial charge on any atom is 0.228 e. The number of rotatable bonds is 1. The lowest BCUT2D eigenvalue weighted by Gasteiger charge is -2.28. The highest BCUT2D eigenvalue weighted by Gasteiger charge is 2.16. The Morgan fingerprint density at radius 2 is 2.12 bits per heavy atom. The molecule has 6 heteroatoms. The number of hydrogen-bond acceptors (Lipinski definition) is 5. The van der Waals surface area contributed by atoms with Crippen molar-refractivity contribution in [2.45, 2.75) is 6.92 Å². The SMILES string of the molecule is Cc1cc2ncnn2c(N2CCNCC2)n1. The van der Waals surface area contributed by atoms with Crippen LogP contribution in [0.4, 0.5) is 5.95 Å². The summed E-state index contributed by atoms with van der Waals surface area (Å²) in [5.41, 5.74) is 1.84. The third-order valence-corrected chi connectivity index (χ3v) is 2.78. The molecule has 1 fully saturated rings. The van der Waals surface area contributed by atoms with Crippen molar-refractivity contribution in [1.29, 1.82) is 0 Å². The van der Waals surface area contributed by atoms with E-state index in [1.807, 2.05) is 13.0 Å². The van der Waals surface area contributed by atoms with Gasteiger partial charge in [-0.25, -0.2) is 9.97 Å². The molecule has 0 unspecified atom stereocenters. The molecule has 0 radical (unpaired) electrons. The zero-order valence-electron chi connectivity index (χ0n) is 9.22. The minimum atomic E-state index is 0.862. The summed E-state index contributed by atoms with van der Waals surface area (Å²) in [5, 5.41) is 7.54. The van der Waals surface area contributed by atoms with E-state index in [2.05, 4.69) is 25.3 Å². The highest BCUT2D eigenvalue weighted by molar-refractivity contribution is 5.46. The highest BCUT2D eigenvalue weighted by Crippen LogP contribution is 2.13. The Morgan fingerprint density at radius 1 is 1.31 bits per heavy atom. The zero-order valence-corrected chi connectivity index (χ0v) is 9.22. The van der Waals surface area contributed by atoms with Crippen molar-refractivity contribution in [1.82, 2.24) is 24.9 Å². The molecular weight excluding hydrogens is 204 g/mol. The Morgan fingerprint density at radius 3 is 2.94 bits per heavy atom. The molecule has 0 spiro atoms. The van der Waals surface area contributed by atoms with Gasteiger partial charge >= 0.3 is 0 Å². The van der Waals surface area contributed by atoms with Crippen molar-refractivity contribution in [3.8, 4) is 0 Å². The van der Waals surface area contributed by atoms with Crippen LogP contribution in [-0.2, 0) is 0 Å². The Hall–Kier alpha value is -1.69. The summed E-state index contributed by atoms with van der Waals surface area (Å²) in [4.78, 5) is 11.0. The van der Waals surface area contributed by atoms with Crippen molar-refractivity contribution in [3.05, 3.63) is 18.1 Å². The summed E-state index contributed by atoms with van der Waals surface area (Å²) < 4.78 is 1.80. The predicted molar refractivity (Wildman–Crippen MR) is 60.6 cm³/mol. The minimum absolute atomic E-state index is 0.862. The molecular formula is C10H14N6. The second-order valence-corrected chi connectivity index (χ2v) is 3.96. The van der Waals surface area contributed by atoms with Crippen LogP contribution >= 0.6 is 0 Å². The van der Waals surface area contributed by atoms with E-state index >= 15 is 0 Å². The summed E-state index contributed by atoms with van der Waals surface area (Å²) in [6.45, 7) is 5.90. The molecule has 2 aromatic rings. The highest BCUT2D eigenvalue weighted by atomic mass is 15.4. The predicted octanol–water partition coefficient (Wildman–Crippen LogP) is -0.158. The van der Waals surface area contributed by atoms with Gasteiger partial charge < -0.3 is 10.2 Å². The molecule has 0 bridgehead atoms. The largest absolute Gasteiger partial charge is 0.338 e. The topological polar surface area (TPSA) is 58.4 Å². The molecule has 84 valence electrons. The number of nitrogens with one attached hydrogen (secondary N) is 1. The lowest BCUT2D eigenvalue weighted by molar-refractivity contribution is 0.573. The van der Waals surface area contributed by atoms with Gasteiger partial charge in [-0.05, 0) is 6.92 Å². The molecule has 0 saturated carbocycles. The standard InChI is InChI=1S/C10H14N6/c1-8-6-9-12-7-13-16(9)10(14-8)15-4-2-11-3-5-15/h6-7,11H,2-5H2,1H3. The van der Waals surface area contributed by atoms with Gasteiger partial charge in [0.25, 0.3) is 0 Å². The molecule has 0 aliphatic carbocycles. The first-order chi connectivity index (χ1) is 7.84. The Balaban J connectivity index is 2.09. The second-order valence-electron chi connectivity index (χ2n) is 3.96. The van der Waals surface area contributed by atoms with Gasteiger partial charge in [-0.3, -0.25) is 0 Å². The number of anilines is 1. The van der Waals surface area contributed by atoms with Gasteiger partial charge in [-0.15, -0.1) is 0 Å². The smallest absolute Gasteiger partial charge is 0.228 e. The molecule has 6 nitrogen and oxygen atoms in total. The van der Waals surface area contributed by atoms with Crippen LogP contribution in [0.25, 0.3) is 5.65 Å². The normalized spacial score (nSPS) is 16.9. The third-order valence-electron chi connectivity index (χ3n) is 2.78. The van der Waals surface area contributed by atoms with Crippen LogP contribution in [0, 0.1) is 6.92 Å². The van der Waals surface area contributed by atoms with Crippen molar-refractivity contribution >= 4 is 11.6 Å². The summed E-state index contributed by atoms with van der Waals surface area (Å²) >= 11 is 0. The van der Waals surface area contributed by atoms with Gasteiger partial charge in [0, 0.05) is 37.9 Å². The summed E-state index contributed by atoms with van der Waals surface area (Å²) in [6.07, 6.45) is 1.57. The average molecular weight is 218 g/mol. The number of aromatic nitrogens is 4. The van der Waals surface area contributed by atoms with Gasteiger partial charge in [0.2, 0.25) is 5.95 Å². The molecule has 3 rings (SSSR count). The van der Waals surface area contributed by atoms with E-state index in [1.165, 1.54) is 0 Å². The maximum absolute atomic E-state index is 4.56. The van der Waals surface area contributed by atoms with Crippen molar-refractivity contribution < 1.29 is 0 Å². The maximum atomic E-state index is 4.56. The summed E-state index contributed by atoms with van der Waals surface area (Å²) in [6, 6.07) is 1.94. The van der Waals surface area contributed by atoms with E-state index in [4.69, 9.17) is 0 Å². The van der Waals surface area contributed by atoms with Gasteiger partial charge in [0.05, 0.1) is 0 Å². The second kappa shape index (κ2) is 3.71. The molecule has 0 amide bonds. The molecule has 0 aromatic carbocycles. The number of fused-ring (bicyclic) bond motifs is 1. The first kappa shape index (κ1) is 9.53.